The van der Waals surface area contributed by atoms with Crippen LogP contribution < -0.4 is 5.73 Å². The fourth-order valence-electron chi connectivity index (χ4n) is 2.27. The quantitative estimate of drug-likeness (QED) is 0.295. The second kappa shape index (κ2) is 8.29. The van der Waals surface area contributed by atoms with Gasteiger partial charge in [-0.2, -0.15) is 0 Å². The minimum absolute atomic E-state index is 0.0235. The van der Waals surface area contributed by atoms with Crippen molar-refractivity contribution < 1.29 is 9.53 Å². The number of thioether (sulfide) groups is 1. The normalized spacial score (nSPS) is 11.0. The maximum absolute atomic E-state index is 12.3. The molecule has 0 radical (unpaired) electrons. The van der Waals surface area contributed by atoms with Crippen LogP contribution in [0.4, 0.5) is 5.69 Å². The molecule has 5 nitrogen and oxygen atoms in total. The number of nitrogen functional groups attached to an aromatic ring is 1. The van der Waals surface area contributed by atoms with E-state index in [1.54, 1.807) is 17.8 Å². The third-order valence-corrected chi connectivity index (χ3v) is 5.86. The predicted octanol–water partition coefficient (Wildman–Crippen LogP) is 5.90. The van der Waals surface area contributed by atoms with E-state index in [0.717, 1.165) is 15.8 Å². The summed E-state index contributed by atoms with van der Waals surface area (Å²) in [5, 5.41) is 0.825. The fourth-order valence-corrected chi connectivity index (χ4v) is 3.49. The lowest BCUT2D eigenvalue weighted by Gasteiger charge is -2.10. The number of esters is 1. The number of pyridine rings is 2. The molecule has 0 saturated carbocycles. The molecule has 27 heavy (non-hydrogen) atoms. The van der Waals surface area contributed by atoms with Crippen molar-refractivity contribution in [2.24, 2.45) is 0 Å². The van der Waals surface area contributed by atoms with Crippen LogP contribution in [0.5, 0.6) is 0 Å². The number of benzene rings is 1. The molecule has 10 heteroatoms. The van der Waals surface area contributed by atoms with Gasteiger partial charge in [0.1, 0.15) is 16.8 Å². The Morgan fingerprint density at radius 2 is 1.85 bits per heavy atom. The Balaban J connectivity index is 1.84. The van der Waals surface area contributed by atoms with Crippen molar-refractivity contribution in [3.63, 3.8) is 0 Å². The van der Waals surface area contributed by atoms with Crippen LogP contribution in [0.1, 0.15) is 16.1 Å². The number of rotatable bonds is 4. The molecule has 3 aromatic rings. The summed E-state index contributed by atoms with van der Waals surface area (Å²) >= 11 is 25.5. The summed E-state index contributed by atoms with van der Waals surface area (Å²) in [5.74, 6) is -0.806. The summed E-state index contributed by atoms with van der Waals surface area (Å²) in [4.78, 5) is 21.6. The molecule has 0 bridgehead atoms. The van der Waals surface area contributed by atoms with Crippen LogP contribution >= 0.6 is 58.2 Å². The molecular weight excluding hydrogens is 452 g/mol. The zero-order chi connectivity index (χ0) is 19.7. The molecular formula is C17H11Cl4N3O2S. The summed E-state index contributed by atoms with van der Waals surface area (Å²) in [7, 11) is 0. The molecule has 0 atom stereocenters. The highest BCUT2D eigenvalue weighted by Gasteiger charge is 2.21. The molecule has 0 aliphatic rings. The average molecular weight is 463 g/mol. The average Bonchev–Trinajstić information content (AvgIpc) is 2.66. The molecule has 2 aromatic heterocycles. The highest BCUT2D eigenvalue weighted by Crippen LogP contribution is 2.34. The van der Waals surface area contributed by atoms with Gasteiger partial charge in [-0.25, -0.2) is 14.8 Å². The summed E-state index contributed by atoms with van der Waals surface area (Å²) in [6, 6.07) is 7.64. The Bertz CT molecular complexity index is 1060. The van der Waals surface area contributed by atoms with Gasteiger partial charge in [-0.05, 0) is 24.5 Å². The maximum Gasteiger partial charge on any atom is 0.358 e. The molecule has 3 rings (SSSR count). The predicted molar refractivity (Wildman–Crippen MR) is 111 cm³/mol. The van der Waals surface area contributed by atoms with Gasteiger partial charge in [-0.15, -0.1) is 11.8 Å². The molecule has 2 N–H and O–H groups in total. The number of hydrogen-bond acceptors (Lipinski definition) is 6. The highest BCUT2D eigenvalue weighted by atomic mass is 35.5. The standard InChI is InChI=1S/C17H11Cl4N3O2S/c1-27-9-3-2-7-4-8(15(20)23-10(7)5-9)6-26-17(25)14-11(18)13(22)12(19)16(21)24-14/h2-5H,6H2,1H3,(H2,22,24). The second-order valence-corrected chi connectivity index (χ2v) is 7.72. The maximum atomic E-state index is 12.3. The van der Waals surface area contributed by atoms with Gasteiger partial charge in [0.15, 0.2) is 10.8 Å². The number of nitrogens with two attached hydrogens (primary N) is 1. The van der Waals surface area contributed by atoms with Crippen LogP contribution in [0, 0.1) is 0 Å². The van der Waals surface area contributed by atoms with Crippen LogP contribution in [0.2, 0.25) is 20.4 Å². The van der Waals surface area contributed by atoms with E-state index in [-0.39, 0.29) is 38.3 Å². The Morgan fingerprint density at radius 1 is 1.11 bits per heavy atom. The first-order valence-electron chi connectivity index (χ1n) is 7.42. The number of nitrogens with zero attached hydrogens (tertiary/aromatic N) is 2. The summed E-state index contributed by atoms with van der Waals surface area (Å²) < 4.78 is 5.25. The lowest BCUT2D eigenvalue weighted by atomic mass is 10.1. The molecule has 0 spiro atoms. The van der Waals surface area contributed by atoms with E-state index in [2.05, 4.69) is 9.97 Å². The van der Waals surface area contributed by atoms with Crippen LogP contribution in [0.3, 0.4) is 0 Å². The van der Waals surface area contributed by atoms with Crippen LogP contribution in [-0.2, 0) is 11.3 Å². The van der Waals surface area contributed by atoms with Gasteiger partial charge < -0.3 is 10.5 Å². The molecule has 0 saturated heterocycles. The molecule has 0 unspecified atom stereocenters. The van der Waals surface area contributed by atoms with Gasteiger partial charge in [-0.1, -0.05) is 52.5 Å². The highest BCUT2D eigenvalue weighted by molar-refractivity contribution is 7.98. The number of anilines is 1. The Kier molecular flexibility index (Phi) is 6.23. The first-order valence-corrected chi connectivity index (χ1v) is 10.2. The minimum atomic E-state index is -0.806. The van der Waals surface area contributed by atoms with Gasteiger partial charge >= 0.3 is 5.97 Å². The van der Waals surface area contributed by atoms with Gasteiger partial charge in [0.25, 0.3) is 0 Å². The van der Waals surface area contributed by atoms with Crippen LogP contribution in [0.15, 0.2) is 29.2 Å². The van der Waals surface area contributed by atoms with Gasteiger partial charge in [0, 0.05) is 15.8 Å². The van der Waals surface area contributed by atoms with E-state index in [1.165, 1.54) is 0 Å². The summed E-state index contributed by atoms with van der Waals surface area (Å²) in [5.41, 5.74) is 6.74. The molecule has 0 amide bonds. The molecule has 0 fully saturated rings. The lowest BCUT2D eigenvalue weighted by Crippen LogP contribution is -2.10. The largest absolute Gasteiger partial charge is 0.456 e. The Labute approximate surface area is 179 Å². The van der Waals surface area contributed by atoms with Crippen molar-refractivity contribution in [1.29, 1.82) is 0 Å². The molecule has 0 aliphatic heterocycles. The fraction of sp³-hybridized carbons (Fsp3) is 0.118. The lowest BCUT2D eigenvalue weighted by molar-refractivity contribution is 0.0466. The first-order chi connectivity index (χ1) is 12.8. The Hall–Kier alpha value is -1.44. The molecule has 0 aliphatic carbocycles. The van der Waals surface area contributed by atoms with Crippen LogP contribution in [-0.4, -0.2) is 22.2 Å². The van der Waals surface area contributed by atoms with E-state index < -0.39 is 5.97 Å². The number of ether oxygens (including phenoxy) is 1. The van der Waals surface area contributed by atoms with E-state index >= 15 is 0 Å². The zero-order valence-electron chi connectivity index (χ0n) is 13.7. The molecule has 2 heterocycles. The molecule has 140 valence electrons. The minimum Gasteiger partial charge on any atom is -0.456 e. The number of carbonyl (C=O) groups excluding carboxylic acids is 1. The van der Waals surface area contributed by atoms with Crippen molar-refractivity contribution in [3.05, 3.63) is 55.9 Å². The SMILES string of the molecule is CSc1ccc2cc(COC(=O)c3nc(Cl)c(Cl)c(N)c3Cl)c(Cl)nc2c1. The van der Waals surface area contributed by atoms with E-state index in [1.807, 2.05) is 24.5 Å². The third-order valence-electron chi connectivity index (χ3n) is 3.67. The second-order valence-electron chi connectivity index (χ2n) is 5.37. The molecule has 1 aromatic carbocycles. The van der Waals surface area contributed by atoms with Crippen molar-refractivity contribution in [1.82, 2.24) is 9.97 Å². The number of halogens is 4. The van der Waals surface area contributed by atoms with Crippen molar-refractivity contribution in [2.75, 3.05) is 12.0 Å². The van der Waals surface area contributed by atoms with E-state index in [9.17, 15) is 4.79 Å². The number of carbonyl (C=O) groups is 1. The van der Waals surface area contributed by atoms with E-state index in [0.29, 0.717) is 5.56 Å². The van der Waals surface area contributed by atoms with Crippen LogP contribution in [0.25, 0.3) is 10.9 Å². The summed E-state index contributed by atoms with van der Waals surface area (Å²) in [6.07, 6.45) is 1.98. The number of fused-ring (bicyclic) bond motifs is 1. The smallest absolute Gasteiger partial charge is 0.358 e. The van der Waals surface area contributed by atoms with Gasteiger partial charge in [0.2, 0.25) is 0 Å². The summed E-state index contributed by atoms with van der Waals surface area (Å²) in [6.45, 7) is -0.122. The van der Waals surface area contributed by atoms with E-state index in [4.69, 9.17) is 56.9 Å². The number of aromatic nitrogens is 2. The first kappa shape index (κ1) is 20.3. The monoisotopic (exact) mass is 461 g/mol. The topological polar surface area (TPSA) is 78.1 Å². The van der Waals surface area contributed by atoms with Crippen molar-refractivity contribution in [3.8, 4) is 0 Å². The van der Waals surface area contributed by atoms with Crippen molar-refractivity contribution >= 4 is 80.7 Å². The van der Waals surface area contributed by atoms with Crippen molar-refractivity contribution in [2.45, 2.75) is 11.5 Å². The third kappa shape index (κ3) is 4.20. The number of hydrogen-bond donors (Lipinski definition) is 1. The van der Waals surface area contributed by atoms with Gasteiger partial charge in [-0.3, -0.25) is 0 Å². The van der Waals surface area contributed by atoms with Gasteiger partial charge in [0.05, 0.1) is 16.2 Å². The zero-order valence-corrected chi connectivity index (χ0v) is 17.6. The Morgan fingerprint density at radius 3 is 2.56 bits per heavy atom.